The first-order valence-electron chi connectivity index (χ1n) is 4.98. The summed E-state index contributed by atoms with van der Waals surface area (Å²) in [6.07, 6.45) is 2.93. The van der Waals surface area contributed by atoms with Gasteiger partial charge in [0.25, 0.3) is 0 Å². The highest BCUT2D eigenvalue weighted by atomic mass is 16.6. The SMILES string of the molecule is CCC[C@H]1[C@H](C)OC(O)C[C@@H]1C. The van der Waals surface area contributed by atoms with E-state index in [-0.39, 0.29) is 6.10 Å². The second-order valence-electron chi connectivity index (χ2n) is 3.96. The number of hydrogen-bond donors (Lipinski definition) is 1. The summed E-state index contributed by atoms with van der Waals surface area (Å²) in [5, 5.41) is 9.31. The van der Waals surface area contributed by atoms with Crippen molar-refractivity contribution in [2.75, 3.05) is 0 Å². The van der Waals surface area contributed by atoms with Crippen molar-refractivity contribution in [2.45, 2.75) is 52.4 Å². The van der Waals surface area contributed by atoms with Gasteiger partial charge in [-0.25, -0.2) is 0 Å². The van der Waals surface area contributed by atoms with E-state index in [0.717, 1.165) is 6.42 Å². The highest BCUT2D eigenvalue weighted by Crippen LogP contribution is 2.32. The molecule has 0 radical (unpaired) electrons. The Balaban J connectivity index is 2.48. The minimum absolute atomic E-state index is 0.226. The van der Waals surface area contributed by atoms with E-state index in [0.29, 0.717) is 11.8 Å². The van der Waals surface area contributed by atoms with Gasteiger partial charge in [0.15, 0.2) is 6.29 Å². The van der Waals surface area contributed by atoms with E-state index in [1.54, 1.807) is 0 Å². The molecule has 0 aromatic rings. The summed E-state index contributed by atoms with van der Waals surface area (Å²) < 4.78 is 5.38. The predicted molar refractivity (Wildman–Crippen MR) is 48.7 cm³/mol. The number of aliphatic hydroxyl groups excluding tert-OH is 1. The van der Waals surface area contributed by atoms with Gasteiger partial charge in [0, 0.05) is 6.42 Å². The molecule has 0 amide bonds. The Hall–Kier alpha value is -0.0800. The van der Waals surface area contributed by atoms with E-state index < -0.39 is 6.29 Å². The molecule has 4 atom stereocenters. The van der Waals surface area contributed by atoms with Gasteiger partial charge in [0.05, 0.1) is 6.10 Å². The van der Waals surface area contributed by atoms with Crippen molar-refractivity contribution in [3.05, 3.63) is 0 Å². The van der Waals surface area contributed by atoms with Crippen LogP contribution >= 0.6 is 0 Å². The van der Waals surface area contributed by atoms with Crippen LogP contribution in [0.2, 0.25) is 0 Å². The van der Waals surface area contributed by atoms with Gasteiger partial charge in [0.1, 0.15) is 0 Å². The average molecular weight is 172 g/mol. The van der Waals surface area contributed by atoms with Crippen molar-refractivity contribution in [1.82, 2.24) is 0 Å². The molecule has 1 aliphatic rings. The summed E-state index contributed by atoms with van der Waals surface area (Å²) in [7, 11) is 0. The lowest BCUT2D eigenvalue weighted by Gasteiger charge is -2.37. The highest BCUT2D eigenvalue weighted by molar-refractivity contribution is 4.77. The normalized spacial score (nSPS) is 43.0. The zero-order chi connectivity index (χ0) is 9.14. The molecule has 2 nitrogen and oxygen atoms in total. The van der Waals surface area contributed by atoms with Crippen LogP contribution in [0.25, 0.3) is 0 Å². The molecular formula is C10H20O2. The highest BCUT2D eigenvalue weighted by Gasteiger charge is 2.31. The fourth-order valence-corrected chi connectivity index (χ4v) is 2.21. The molecule has 0 aliphatic carbocycles. The van der Waals surface area contributed by atoms with Gasteiger partial charge in [-0.2, -0.15) is 0 Å². The maximum absolute atomic E-state index is 9.31. The minimum Gasteiger partial charge on any atom is -0.368 e. The molecule has 1 heterocycles. The fourth-order valence-electron chi connectivity index (χ4n) is 2.21. The summed E-state index contributed by atoms with van der Waals surface area (Å²) >= 11 is 0. The van der Waals surface area contributed by atoms with Crippen molar-refractivity contribution >= 4 is 0 Å². The maximum Gasteiger partial charge on any atom is 0.155 e. The zero-order valence-electron chi connectivity index (χ0n) is 8.29. The molecule has 1 fully saturated rings. The molecule has 0 aromatic carbocycles. The smallest absolute Gasteiger partial charge is 0.155 e. The van der Waals surface area contributed by atoms with E-state index in [1.807, 2.05) is 0 Å². The van der Waals surface area contributed by atoms with Crippen LogP contribution in [-0.2, 0) is 4.74 Å². The van der Waals surface area contributed by atoms with Gasteiger partial charge >= 0.3 is 0 Å². The van der Waals surface area contributed by atoms with E-state index in [9.17, 15) is 5.11 Å². The third-order valence-electron chi connectivity index (χ3n) is 2.90. The lowest BCUT2D eigenvalue weighted by Crippen LogP contribution is -2.38. The summed E-state index contributed by atoms with van der Waals surface area (Å²) in [6.45, 7) is 6.48. The molecule has 12 heavy (non-hydrogen) atoms. The van der Waals surface area contributed by atoms with Crippen molar-refractivity contribution < 1.29 is 9.84 Å². The van der Waals surface area contributed by atoms with Crippen molar-refractivity contribution in [1.29, 1.82) is 0 Å². The van der Waals surface area contributed by atoms with E-state index in [4.69, 9.17) is 4.74 Å². The Morgan fingerprint density at radius 1 is 1.42 bits per heavy atom. The lowest BCUT2D eigenvalue weighted by molar-refractivity contribution is -0.193. The Labute approximate surface area is 74.9 Å². The first-order valence-corrected chi connectivity index (χ1v) is 4.98. The van der Waals surface area contributed by atoms with Gasteiger partial charge < -0.3 is 9.84 Å². The lowest BCUT2D eigenvalue weighted by atomic mass is 9.82. The van der Waals surface area contributed by atoms with Gasteiger partial charge in [-0.15, -0.1) is 0 Å². The van der Waals surface area contributed by atoms with Crippen LogP contribution in [0, 0.1) is 11.8 Å². The third-order valence-corrected chi connectivity index (χ3v) is 2.90. The number of rotatable bonds is 2. The topological polar surface area (TPSA) is 29.5 Å². The average Bonchev–Trinajstić information content (AvgIpc) is 1.96. The summed E-state index contributed by atoms with van der Waals surface area (Å²) in [6, 6.07) is 0. The van der Waals surface area contributed by atoms with Crippen molar-refractivity contribution in [2.24, 2.45) is 11.8 Å². The molecule has 1 N–H and O–H groups in total. The Morgan fingerprint density at radius 3 is 2.58 bits per heavy atom. The molecule has 1 rings (SSSR count). The molecule has 2 heteroatoms. The van der Waals surface area contributed by atoms with Crippen LogP contribution in [0.3, 0.4) is 0 Å². The molecular weight excluding hydrogens is 152 g/mol. The summed E-state index contributed by atoms with van der Waals surface area (Å²) in [5.41, 5.74) is 0. The summed E-state index contributed by atoms with van der Waals surface area (Å²) in [5.74, 6) is 1.24. The Kier molecular flexibility index (Phi) is 3.53. The fraction of sp³-hybridized carbons (Fsp3) is 1.00. The van der Waals surface area contributed by atoms with Crippen LogP contribution in [0.15, 0.2) is 0 Å². The molecule has 0 aromatic heterocycles. The van der Waals surface area contributed by atoms with Crippen LogP contribution in [0.4, 0.5) is 0 Å². The molecule has 1 aliphatic heterocycles. The van der Waals surface area contributed by atoms with Crippen LogP contribution in [0.1, 0.15) is 40.0 Å². The Bertz CT molecular complexity index is 124. The van der Waals surface area contributed by atoms with Gasteiger partial charge in [0.2, 0.25) is 0 Å². The maximum atomic E-state index is 9.31. The second kappa shape index (κ2) is 4.24. The van der Waals surface area contributed by atoms with E-state index >= 15 is 0 Å². The predicted octanol–water partition coefficient (Wildman–Crippen LogP) is 2.17. The molecule has 0 saturated carbocycles. The molecule has 0 bridgehead atoms. The zero-order valence-corrected chi connectivity index (χ0v) is 8.29. The minimum atomic E-state index is -0.525. The molecule has 0 spiro atoms. The largest absolute Gasteiger partial charge is 0.368 e. The summed E-state index contributed by atoms with van der Waals surface area (Å²) in [4.78, 5) is 0. The van der Waals surface area contributed by atoms with Crippen LogP contribution in [0.5, 0.6) is 0 Å². The van der Waals surface area contributed by atoms with Crippen molar-refractivity contribution in [3.8, 4) is 0 Å². The quantitative estimate of drug-likeness (QED) is 0.691. The van der Waals surface area contributed by atoms with Gasteiger partial charge in [-0.3, -0.25) is 0 Å². The van der Waals surface area contributed by atoms with Gasteiger partial charge in [-0.05, 0) is 25.2 Å². The monoisotopic (exact) mass is 172 g/mol. The number of aliphatic hydroxyl groups is 1. The van der Waals surface area contributed by atoms with E-state index in [2.05, 4.69) is 20.8 Å². The first-order chi connectivity index (χ1) is 5.65. The third kappa shape index (κ3) is 2.20. The second-order valence-corrected chi connectivity index (χ2v) is 3.96. The van der Waals surface area contributed by atoms with Gasteiger partial charge in [-0.1, -0.05) is 20.3 Å². The number of hydrogen-bond acceptors (Lipinski definition) is 2. The van der Waals surface area contributed by atoms with Crippen molar-refractivity contribution in [3.63, 3.8) is 0 Å². The van der Waals surface area contributed by atoms with Crippen LogP contribution < -0.4 is 0 Å². The standard InChI is InChI=1S/C10H20O2/c1-4-5-9-7(2)6-10(11)12-8(9)3/h7-11H,4-6H2,1-3H3/t7-,8-,9+,10?/m0/s1. The molecule has 1 unspecified atom stereocenters. The molecule has 72 valence electrons. The van der Waals surface area contributed by atoms with Crippen LogP contribution in [-0.4, -0.2) is 17.5 Å². The molecule has 1 saturated heterocycles. The Morgan fingerprint density at radius 2 is 2.08 bits per heavy atom. The number of ether oxygens (including phenoxy) is 1. The first kappa shape index (κ1) is 10.0. The van der Waals surface area contributed by atoms with E-state index in [1.165, 1.54) is 12.8 Å².